The van der Waals surface area contributed by atoms with E-state index in [2.05, 4.69) is 11.8 Å². The molecule has 3 aromatic rings. The van der Waals surface area contributed by atoms with Crippen LogP contribution in [0.25, 0.3) is 0 Å². The Morgan fingerprint density at radius 3 is 1.38 bits per heavy atom. The molecule has 0 spiro atoms. The molecule has 0 aliphatic carbocycles. The van der Waals surface area contributed by atoms with Crippen molar-refractivity contribution in [1.29, 1.82) is 0 Å². The number of ether oxygens (including phenoxy) is 10. The van der Waals surface area contributed by atoms with Crippen LogP contribution >= 0.6 is 0 Å². The van der Waals surface area contributed by atoms with E-state index >= 15 is 0 Å². The molecular weight excluding hydrogens is 608 g/mol. The van der Waals surface area contributed by atoms with Crippen molar-refractivity contribution < 1.29 is 52.5 Å². The van der Waals surface area contributed by atoms with Gasteiger partial charge in [0, 0.05) is 58.3 Å². The van der Waals surface area contributed by atoms with Crippen LogP contribution in [0.15, 0.2) is 54.6 Å². The van der Waals surface area contributed by atoms with Gasteiger partial charge in [-0.3, -0.25) is 0 Å². The van der Waals surface area contributed by atoms with E-state index in [0.717, 1.165) is 0 Å². The lowest BCUT2D eigenvalue weighted by molar-refractivity contribution is -0.159. The number of hydrogen-bond donors (Lipinski definition) is 1. The lowest BCUT2D eigenvalue weighted by Crippen LogP contribution is -2.57. The number of rotatable bonds is 17. The first-order valence-electron chi connectivity index (χ1n) is 14.7. The second-order valence-electron chi connectivity index (χ2n) is 10.3. The van der Waals surface area contributed by atoms with Gasteiger partial charge in [0.25, 0.3) is 0 Å². The van der Waals surface area contributed by atoms with Gasteiger partial charge >= 0.3 is 0 Å². The van der Waals surface area contributed by atoms with Crippen molar-refractivity contribution in [2.24, 2.45) is 0 Å². The molecule has 3 rings (SSSR count). The van der Waals surface area contributed by atoms with E-state index in [1.165, 1.54) is 56.9 Å². The van der Waals surface area contributed by atoms with Crippen molar-refractivity contribution >= 4 is 0 Å². The highest BCUT2D eigenvalue weighted by Gasteiger charge is 2.55. The third-order valence-electron chi connectivity index (χ3n) is 7.96. The van der Waals surface area contributed by atoms with Gasteiger partial charge in [0.1, 0.15) is 64.3 Å². The minimum absolute atomic E-state index is 0.0398. The molecule has 0 unspecified atom stereocenters. The number of methoxy groups -OCH3 is 10. The summed E-state index contributed by atoms with van der Waals surface area (Å²) in [6.07, 6.45) is -4.15. The molecule has 256 valence electrons. The largest absolute Gasteiger partial charge is 0.496 e. The number of aliphatic hydroxyl groups excluding tert-OH is 1. The first-order valence-corrected chi connectivity index (χ1v) is 14.7. The SMILES string of the molecule is COC[C@@H](O)[C@@H](OC)[C@H](OC)[C@@H](OC)C(C#Cc1ccccc1)(c1c(OC)cc(OC)cc1OC)c1c(OC)cc(OC)cc1OC. The fourth-order valence-electron chi connectivity index (χ4n) is 5.85. The van der Waals surface area contributed by atoms with Crippen LogP contribution in [0, 0.1) is 11.8 Å². The van der Waals surface area contributed by atoms with Gasteiger partial charge in [-0.05, 0) is 12.1 Å². The van der Waals surface area contributed by atoms with Crippen LogP contribution in [0.2, 0.25) is 0 Å². The van der Waals surface area contributed by atoms with Gasteiger partial charge in [-0.1, -0.05) is 30.0 Å². The second kappa shape index (κ2) is 17.7. The van der Waals surface area contributed by atoms with Crippen molar-refractivity contribution in [3.63, 3.8) is 0 Å². The average Bonchev–Trinajstić information content (AvgIpc) is 3.12. The molecule has 0 fully saturated rings. The molecule has 0 aromatic heterocycles. The number of benzene rings is 3. The molecule has 11 nitrogen and oxygen atoms in total. The predicted octanol–water partition coefficient (Wildman–Crippen LogP) is 4.13. The van der Waals surface area contributed by atoms with Gasteiger partial charge in [0.05, 0.1) is 60.4 Å². The maximum absolute atomic E-state index is 11.3. The summed E-state index contributed by atoms with van der Waals surface area (Å²) < 4.78 is 59.2. The Bertz CT molecular complexity index is 1370. The summed E-state index contributed by atoms with van der Waals surface area (Å²) in [5.41, 5.74) is -0.0148. The number of aliphatic hydroxyl groups is 1. The molecule has 0 saturated carbocycles. The van der Waals surface area contributed by atoms with E-state index < -0.39 is 29.8 Å². The molecule has 4 atom stereocenters. The Labute approximate surface area is 277 Å². The lowest BCUT2D eigenvalue weighted by Gasteiger charge is -2.44. The zero-order valence-corrected chi connectivity index (χ0v) is 28.7. The van der Waals surface area contributed by atoms with Gasteiger partial charge in [0.15, 0.2) is 0 Å². The van der Waals surface area contributed by atoms with Gasteiger partial charge < -0.3 is 52.5 Å². The summed E-state index contributed by atoms with van der Waals surface area (Å²) in [5.74, 6) is 9.26. The topological polar surface area (TPSA) is 113 Å². The highest BCUT2D eigenvalue weighted by Crippen LogP contribution is 2.55. The minimum Gasteiger partial charge on any atom is -0.496 e. The molecule has 3 aromatic carbocycles. The van der Waals surface area contributed by atoms with E-state index in [9.17, 15) is 5.11 Å². The summed E-state index contributed by atoms with van der Waals surface area (Å²) in [5, 5.41) is 11.3. The van der Waals surface area contributed by atoms with Crippen molar-refractivity contribution in [1.82, 2.24) is 0 Å². The van der Waals surface area contributed by atoms with Crippen LogP contribution in [0.3, 0.4) is 0 Å². The highest BCUT2D eigenvalue weighted by atomic mass is 16.6. The first kappa shape index (κ1) is 37.3. The third-order valence-corrected chi connectivity index (χ3v) is 7.96. The highest BCUT2D eigenvalue weighted by molar-refractivity contribution is 5.70. The zero-order valence-electron chi connectivity index (χ0n) is 28.7. The molecule has 0 saturated heterocycles. The summed E-state index contributed by atoms with van der Waals surface area (Å²) in [7, 11) is 15.2. The van der Waals surface area contributed by atoms with Gasteiger partial charge in [-0.25, -0.2) is 0 Å². The van der Waals surface area contributed by atoms with Crippen LogP contribution in [-0.2, 0) is 24.4 Å². The maximum atomic E-state index is 11.3. The summed E-state index contributed by atoms with van der Waals surface area (Å²) >= 11 is 0. The first-order chi connectivity index (χ1) is 22.8. The van der Waals surface area contributed by atoms with Crippen molar-refractivity contribution in [2.75, 3.05) is 77.7 Å². The van der Waals surface area contributed by atoms with E-state index in [4.69, 9.17) is 47.4 Å². The van der Waals surface area contributed by atoms with Gasteiger partial charge in [0.2, 0.25) is 0 Å². The fourth-order valence-corrected chi connectivity index (χ4v) is 5.85. The summed E-state index contributed by atoms with van der Waals surface area (Å²) in [6, 6.07) is 16.4. The summed E-state index contributed by atoms with van der Waals surface area (Å²) in [6.45, 7) is -0.0398. The van der Waals surface area contributed by atoms with Crippen molar-refractivity contribution in [3.05, 3.63) is 71.3 Å². The third kappa shape index (κ3) is 7.70. The van der Waals surface area contributed by atoms with E-state index in [-0.39, 0.29) is 6.61 Å². The van der Waals surface area contributed by atoms with E-state index in [1.807, 2.05) is 30.3 Å². The molecular formula is C36H46O11. The summed E-state index contributed by atoms with van der Waals surface area (Å²) in [4.78, 5) is 0. The molecule has 0 radical (unpaired) electrons. The van der Waals surface area contributed by atoms with Gasteiger partial charge in [-0.15, -0.1) is 0 Å². The molecule has 1 N–H and O–H groups in total. The standard InChI is InChI=1S/C36H46O11/c1-38-22-26(37)33(45-8)34(46-9)35(47-10)36(17-16-23-14-12-11-13-15-23,31-27(41-4)18-24(39-2)19-28(31)42-5)32-29(43-6)20-25(40-3)21-30(32)44-7/h11-15,18-21,26,33-35,37H,22H2,1-10H3/t26-,33-,34+,35-/m1/s1. The maximum Gasteiger partial charge on any atom is 0.131 e. The van der Waals surface area contributed by atoms with Crippen molar-refractivity contribution in [3.8, 4) is 46.3 Å². The normalized spacial score (nSPS) is 13.8. The Kier molecular flexibility index (Phi) is 14.0. The van der Waals surface area contributed by atoms with Crippen LogP contribution in [0.5, 0.6) is 34.5 Å². The molecule has 11 heteroatoms. The monoisotopic (exact) mass is 654 g/mol. The average molecular weight is 655 g/mol. The number of hydrogen-bond acceptors (Lipinski definition) is 11. The molecule has 0 aliphatic rings. The molecule has 47 heavy (non-hydrogen) atoms. The molecule has 0 aliphatic heterocycles. The Hall–Kier alpha value is -4.18. The molecule has 0 amide bonds. The molecule has 0 heterocycles. The van der Waals surface area contributed by atoms with Crippen LogP contribution in [0.1, 0.15) is 16.7 Å². The molecule has 0 bridgehead atoms. The lowest BCUT2D eigenvalue weighted by atomic mass is 9.66. The van der Waals surface area contributed by atoms with Crippen LogP contribution < -0.4 is 28.4 Å². The Balaban J connectivity index is 2.74. The Morgan fingerprint density at radius 2 is 1.04 bits per heavy atom. The van der Waals surface area contributed by atoms with Gasteiger partial charge in [-0.2, -0.15) is 0 Å². The predicted molar refractivity (Wildman–Crippen MR) is 177 cm³/mol. The fraction of sp³-hybridized carbons (Fsp3) is 0.444. The van der Waals surface area contributed by atoms with E-state index in [1.54, 1.807) is 38.5 Å². The van der Waals surface area contributed by atoms with E-state index in [0.29, 0.717) is 51.2 Å². The minimum atomic E-state index is -1.61. The quantitative estimate of drug-likeness (QED) is 0.212. The van der Waals surface area contributed by atoms with Crippen LogP contribution in [-0.4, -0.2) is 107 Å². The van der Waals surface area contributed by atoms with Crippen molar-refractivity contribution in [2.45, 2.75) is 29.8 Å². The Morgan fingerprint density at radius 1 is 0.596 bits per heavy atom. The zero-order chi connectivity index (χ0) is 34.6. The smallest absolute Gasteiger partial charge is 0.131 e. The van der Waals surface area contributed by atoms with Crippen LogP contribution in [0.4, 0.5) is 0 Å². The second-order valence-corrected chi connectivity index (χ2v) is 10.3.